The molecule has 24 heavy (non-hydrogen) atoms. The first-order valence-electron chi connectivity index (χ1n) is 8.59. The molecule has 1 fully saturated rings. The van der Waals surface area contributed by atoms with Crippen LogP contribution in [0.15, 0.2) is 24.3 Å². The monoisotopic (exact) mass is 348 g/mol. The van der Waals surface area contributed by atoms with Crippen LogP contribution < -0.4 is 4.74 Å². The summed E-state index contributed by atoms with van der Waals surface area (Å²) in [5, 5.41) is 0. The molecule has 1 aliphatic rings. The fraction of sp³-hybridized carbons (Fsp3) is 0.684. The molecule has 2 rings (SSSR count). The van der Waals surface area contributed by atoms with E-state index in [9.17, 15) is 13.2 Å². The molecule has 0 saturated heterocycles. The summed E-state index contributed by atoms with van der Waals surface area (Å²) < 4.78 is 44.2. The number of ether oxygens (including phenoxy) is 2. The molecule has 0 N–H and O–H groups in total. The third-order valence-electron chi connectivity index (χ3n) is 3.82. The molecule has 0 aliphatic heterocycles. The Labute approximate surface area is 144 Å². The van der Waals surface area contributed by atoms with Gasteiger partial charge in [-0.15, -0.1) is 13.2 Å². The highest BCUT2D eigenvalue weighted by molar-refractivity contribution is 5.27. The van der Waals surface area contributed by atoms with Crippen LogP contribution in [0.25, 0.3) is 0 Å². The van der Waals surface area contributed by atoms with E-state index in [4.69, 9.17) is 0 Å². The molecule has 0 aromatic heterocycles. The molecule has 0 amide bonds. The van der Waals surface area contributed by atoms with Gasteiger partial charge in [-0.25, -0.2) is 0 Å². The summed E-state index contributed by atoms with van der Waals surface area (Å²) in [6, 6.07) is 6.26. The topological polar surface area (TPSA) is 18.5 Å². The molecule has 0 atom stereocenters. The summed E-state index contributed by atoms with van der Waals surface area (Å²) >= 11 is 0. The van der Waals surface area contributed by atoms with Crippen LogP contribution >= 0.6 is 0 Å². The first kappa shape index (κ1) is 22.8. The number of methoxy groups -OCH3 is 1. The normalized spacial score (nSPS) is 20.2. The van der Waals surface area contributed by atoms with Crippen molar-refractivity contribution in [2.75, 3.05) is 14.2 Å². The van der Waals surface area contributed by atoms with Crippen LogP contribution in [-0.2, 0) is 11.2 Å². The van der Waals surface area contributed by atoms with Crippen LogP contribution in [0.2, 0.25) is 0 Å². The third-order valence-corrected chi connectivity index (χ3v) is 3.82. The highest BCUT2D eigenvalue weighted by Crippen LogP contribution is 2.31. The fourth-order valence-electron chi connectivity index (χ4n) is 2.69. The van der Waals surface area contributed by atoms with Crippen molar-refractivity contribution in [1.29, 1.82) is 0 Å². The van der Waals surface area contributed by atoms with E-state index in [0.29, 0.717) is 5.92 Å². The minimum atomic E-state index is -4.61. The van der Waals surface area contributed by atoms with Gasteiger partial charge in [-0.1, -0.05) is 45.7 Å². The van der Waals surface area contributed by atoms with Crippen molar-refractivity contribution in [3.63, 3.8) is 0 Å². The number of alkyl halides is 3. The van der Waals surface area contributed by atoms with Crippen LogP contribution in [-0.4, -0.2) is 20.6 Å². The summed E-state index contributed by atoms with van der Waals surface area (Å²) in [6.45, 7) is 6.28. The van der Waals surface area contributed by atoms with Gasteiger partial charge >= 0.3 is 6.36 Å². The molecule has 0 radical (unpaired) electrons. The van der Waals surface area contributed by atoms with E-state index < -0.39 is 6.36 Å². The van der Waals surface area contributed by atoms with Gasteiger partial charge in [0.2, 0.25) is 0 Å². The number of rotatable bonds is 3. The van der Waals surface area contributed by atoms with Crippen molar-refractivity contribution < 1.29 is 22.6 Å². The van der Waals surface area contributed by atoms with E-state index in [1.165, 1.54) is 37.8 Å². The summed E-state index contributed by atoms with van der Waals surface area (Å²) in [7, 11) is 3.25. The Morgan fingerprint density at radius 3 is 1.83 bits per heavy atom. The van der Waals surface area contributed by atoms with Gasteiger partial charge in [0, 0.05) is 14.2 Å². The predicted molar refractivity (Wildman–Crippen MR) is 92.2 cm³/mol. The molecule has 140 valence electrons. The summed E-state index contributed by atoms with van der Waals surface area (Å²) in [6.07, 6.45) is 1.32. The zero-order valence-corrected chi connectivity index (χ0v) is 15.5. The Hall–Kier alpha value is -1.23. The molecule has 1 aromatic rings. The Morgan fingerprint density at radius 1 is 0.958 bits per heavy atom. The number of hydrogen-bond acceptors (Lipinski definition) is 2. The van der Waals surface area contributed by atoms with Gasteiger partial charge < -0.3 is 9.47 Å². The summed E-state index contributed by atoms with van der Waals surface area (Å²) in [5.41, 5.74) is 1.09. The Bertz CT molecular complexity index is 408. The molecule has 1 aromatic carbocycles. The van der Waals surface area contributed by atoms with Crippen molar-refractivity contribution >= 4 is 0 Å². The molecular weight excluding hydrogens is 317 g/mol. The third kappa shape index (κ3) is 10.5. The second-order valence-electron chi connectivity index (χ2n) is 5.93. The number of hydrogen-bond donors (Lipinski definition) is 0. The highest BCUT2D eigenvalue weighted by Gasteiger charge is 2.31. The van der Waals surface area contributed by atoms with Crippen molar-refractivity contribution in [2.45, 2.75) is 59.2 Å². The van der Waals surface area contributed by atoms with E-state index >= 15 is 0 Å². The van der Waals surface area contributed by atoms with Crippen LogP contribution in [0.1, 0.15) is 52.0 Å². The van der Waals surface area contributed by atoms with Crippen molar-refractivity contribution in [3.8, 4) is 5.75 Å². The Balaban J connectivity index is 0.000000952. The van der Waals surface area contributed by atoms with Gasteiger partial charge in [0.1, 0.15) is 5.75 Å². The lowest BCUT2D eigenvalue weighted by Gasteiger charge is -2.26. The van der Waals surface area contributed by atoms with Gasteiger partial charge in [0.05, 0.1) is 0 Å². The van der Waals surface area contributed by atoms with Gasteiger partial charge in [0.25, 0.3) is 0 Å². The average Bonchev–Trinajstić information content (AvgIpc) is 2.53. The molecular formula is C19H31F3O2. The largest absolute Gasteiger partial charge is 0.573 e. The minimum absolute atomic E-state index is 0.145. The summed E-state index contributed by atoms with van der Waals surface area (Å²) in [4.78, 5) is 0. The van der Waals surface area contributed by atoms with Crippen molar-refractivity contribution in [2.24, 2.45) is 11.8 Å². The zero-order chi connectivity index (χ0) is 18.6. The summed E-state index contributed by atoms with van der Waals surface area (Å²) in [5.74, 6) is 1.35. The van der Waals surface area contributed by atoms with E-state index in [2.05, 4.69) is 16.4 Å². The zero-order valence-electron chi connectivity index (χ0n) is 15.5. The van der Waals surface area contributed by atoms with Crippen LogP contribution in [0.4, 0.5) is 13.2 Å². The van der Waals surface area contributed by atoms with E-state index in [-0.39, 0.29) is 5.75 Å². The lowest BCUT2D eigenvalue weighted by atomic mass is 9.80. The predicted octanol–water partition coefficient (Wildman–Crippen LogP) is 6.24. The molecule has 2 nitrogen and oxygen atoms in total. The maximum atomic E-state index is 12.0. The molecule has 5 heteroatoms. The molecule has 0 heterocycles. The Morgan fingerprint density at radius 2 is 1.42 bits per heavy atom. The molecule has 0 unspecified atom stereocenters. The van der Waals surface area contributed by atoms with Gasteiger partial charge in [0.15, 0.2) is 0 Å². The average molecular weight is 348 g/mol. The van der Waals surface area contributed by atoms with Gasteiger partial charge in [-0.3, -0.25) is 0 Å². The first-order valence-corrected chi connectivity index (χ1v) is 8.59. The lowest BCUT2D eigenvalue weighted by Crippen LogP contribution is -2.17. The number of benzene rings is 1. The van der Waals surface area contributed by atoms with Crippen molar-refractivity contribution in [1.82, 2.24) is 0 Å². The smallest absolute Gasteiger partial charge is 0.406 e. The quantitative estimate of drug-likeness (QED) is 0.643. The maximum absolute atomic E-state index is 12.0. The van der Waals surface area contributed by atoms with Crippen LogP contribution in [0.5, 0.6) is 5.75 Å². The highest BCUT2D eigenvalue weighted by atomic mass is 19.4. The fourth-order valence-corrected chi connectivity index (χ4v) is 2.69. The van der Waals surface area contributed by atoms with Crippen LogP contribution in [0.3, 0.4) is 0 Å². The number of halogens is 3. The molecule has 1 saturated carbocycles. The van der Waals surface area contributed by atoms with E-state index in [0.717, 1.165) is 17.9 Å². The molecule has 1 aliphatic carbocycles. The Kier molecular flexibility index (Phi) is 11.6. The van der Waals surface area contributed by atoms with Gasteiger partial charge in [-0.2, -0.15) is 0 Å². The van der Waals surface area contributed by atoms with E-state index in [1.807, 2.05) is 13.8 Å². The van der Waals surface area contributed by atoms with Gasteiger partial charge in [-0.05, 0) is 48.8 Å². The van der Waals surface area contributed by atoms with Crippen molar-refractivity contribution in [3.05, 3.63) is 29.8 Å². The maximum Gasteiger partial charge on any atom is 0.573 e. The first-order chi connectivity index (χ1) is 11.3. The minimum Gasteiger partial charge on any atom is -0.406 e. The second-order valence-corrected chi connectivity index (χ2v) is 5.93. The molecule has 0 spiro atoms. The SMILES string of the molecule is CC.CC1CCC(Cc2ccc(OC(F)(F)F)cc2)CC1.COC. The van der Waals surface area contributed by atoms with Crippen LogP contribution in [0, 0.1) is 11.8 Å². The standard InChI is InChI=1S/C15H19F3O.C2H6O.C2H6/c1-11-2-4-12(5-3-11)10-13-6-8-14(9-7-13)19-15(16,17)18;1-3-2;1-2/h6-9,11-12H,2-5,10H2,1H3;1-2H3;1-2H3. The van der Waals surface area contributed by atoms with E-state index in [1.54, 1.807) is 26.4 Å². The lowest BCUT2D eigenvalue weighted by molar-refractivity contribution is -0.274. The second kappa shape index (κ2) is 12.2. The molecule has 0 bridgehead atoms.